The van der Waals surface area contributed by atoms with E-state index in [1.807, 2.05) is 26.0 Å². The van der Waals surface area contributed by atoms with Crippen molar-refractivity contribution in [3.05, 3.63) is 111 Å². The molecule has 0 aliphatic rings. The van der Waals surface area contributed by atoms with Gasteiger partial charge in [0.1, 0.15) is 63.2 Å². The summed E-state index contributed by atoms with van der Waals surface area (Å²) in [5.41, 5.74) is 1.19. The van der Waals surface area contributed by atoms with E-state index in [2.05, 4.69) is 0 Å². The van der Waals surface area contributed by atoms with Crippen molar-refractivity contribution in [2.75, 3.05) is 6.61 Å². The van der Waals surface area contributed by atoms with Crippen LogP contribution in [0.1, 0.15) is 13.8 Å². The molecule has 0 aliphatic heterocycles. The number of benzene rings is 4. The number of fused-ring (bicyclic) bond motifs is 2. The Hall–Kier alpha value is -5.96. The zero-order valence-electron chi connectivity index (χ0n) is 23.6. The molecule has 0 saturated carbocycles. The standard InChI is InChI=1S/C35H26O9/c1-18(2)10-11-42-30-17-27(41)34-26(40)16-28(19-6-4-3-5-7-19)44-35(34)32(30)22-12-20(8-9-23(22)37)29-15-25(39)33-24(38)13-21(36)14-31(33)43-29/h3-10,12-17,36-38,41H,11H2,1-2H3. The Morgan fingerprint density at radius 3 is 2.14 bits per heavy atom. The molecule has 0 saturated heterocycles. The van der Waals surface area contributed by atoms with Crippen LogP contribution >= 0.6 is 0 Å². The van der Waals surface area contributed by atoms with Crippen LogP contribution in [0.15, 0.2) is 109 Å². The van der Waals surface area contributed by atoms with Crippen molar-refractivity contribution in [3.63, 3.8) is 0 Å². The normalized spacial score (nSPS) is 11.1. The summed E-state index contributed by atoms with van der Waals surface area (Å²) in [7, 11) is 0. The molecule has 44 heavy (non-hydrogen) atoms. The Labute approximate surface area is 249 Å². The number of aromatic hydroxyl groups is 4. The summed E-state index contributed by atoms with van der Waals surface area (Å²) >= 11 is 0. The number of ether oxygens (including phenoxy) is 1. The van der Waals surface area contributed by atoms with E-state index >= 15 is 0 Å². The van der Waals surface area contributed by atoms with Crippen molar-refractivity contribution in [1.29, 1.82) is 0 Å². The summed E-state index contributed by atoms with van der Waals surface area (Å²) in [6.45, 7) is 3.93. The Morgan fingerprint density at radius 2 is 1.41 bits per heavy atom. The number of allylic oxidation sites excluding steroid dienone is 1. The smallest absolute Gasteiger partial charge is 0.197 e. The van der Waals surface area contributed by atoms with Crippen molar-refractivity contribution in [1.82, 2.24) is 0 Å². The highest BCUT2D eigenvalue weighted by molar-refractivity contribution is 6.01. The molecule has 0 unspecified atom stereocenters. The highest BCUT2D eigenvalue weighted by Gasteiger charge is 2.24. The number of phenolic OH excluding ortho intramolecular Hbond substituents is 4. The van der Waals surface area contributed by atoms with Gasteiger partial charge in [-0.25, -0.2) is 0 Å². The molecule has 0 fully saturated rings. The van der Waals surface area contributed by atoms with Gasteiger partial charge in [0.05, 0.1) is 5.56 Å². The number of rotatable bonds is 6. The van der Waals surface area contributed by atoms with Crippen LogP contribution in [0.25, 0.3) is 55.7 Å². The molecule has 6 aromatic rings. The minimum atomic E-state index is -0.548. The molecule has 4 aromatic carbocycles. The van der Waals surface area contributed by atoms with Crippen LogP contribution in [0.5, 0.6) is 28.7 Å². The molecular weight excluding hydrogens is 564 g/mol. The van der Waals surface area contributed by atoms with Gasteiger partial charge in [0.25, 0.3) is 0 Å². The molecule has 0 radical (unpaired) electrons. The minimum Gasteiger partial charge on any atom is -0.508 e. The fourth-order valence-corrected chi connectivity index (χ4v) is 4.99. The first kappa shape index (κ1) is 28.2. The van der Waals surface area contributed by atoms with E-state index < -0.39 is 16.6 Å². The maximum absolute atomic E-state index is 13.4. The van der Waals surface area contributed by atoms with Crippen LogP contribution < -0.4 is 15.6 Å². The summed E-state index contributed by atoms with van der Waals surface area (Å²) in [5, 5.41) is 42.0. The molecule has 2 aromatic heterocycles. The Balaban J connectivity index is 1.64. The maximum atomic E-state index is 13.4. The van der Waals surface area contributed by atoms with Gasteiger partial charge in [0, 0.05) is 47.0 Å². The highest BCUT2D eigenvalue weighted by Crippen LogP contribution is 2.46. The molecule has 220 valence electrons. The van der Waals surface area contributed by atoms with E-state index in [-0.39, 0.29) is 74.2 Å². The number of hydrogen-bond acceptors (Lipinski definition) is 9. The van der Waals surface area contributed by atoms with Crippen LogP contribution in [-0.2, 0) is 0 Å². The van der Waals surface area contributed by atoms with Crippen molar-refractivity contribution >= 4 is 21.9 Å². The fourth-order valence-electron chi connectivity index (χ4n) is 4.99. The largest absolute Gasteiger partial charge is 0.508 e. The van der Waals surface area contributed by atoms with Gasteiger partial charge >= 0.3 is 0 Å². The molecule has 0 spiro atoms. The quantitative estimate of drug-likeness (QED) is 0.149. The van der Waals surface area contributed by atoms with E-state index in [9.17, 15) is 30.0 Å². The summed E-state index contributed by atoms with van der Waals surface area (Å²) in [6.07, 6.45) is 1.83. The van der Waals surface area contributed by atoms with E-state index in [0.29, 0.717) is 11.1 Å². The van der Waals surface area contributed by atoms with Crippen LogP contribution in [0.4, 0.5) is 0 Å². The van der Waals surface area contributed by atoms with Gasteiger partial charge in [0.15, 0.2) is 16.4 Å². The third kappa shape index (κ3) is 5.11. The van der Waals surface area contributed by atoms with Gasteiger partial charge in [-0.3, -0.25) is 9.59 Å². The van der Waals surface area contributed by atoms with Gasteiger partial charge in [-0.05, 0) is 38.1 Å². The molecule has 0 amide bonds. The van der Waals surface area contributed by atoms with Gasteiger partial charge < -0.3 is 34.0 Å². The van der Waals surface area contributed by atoms with Gasteiger partial charge in [-0.15, -0.1) is 0 Å². The number of hydrogen-bond donors (Lipinski definition) is 4. The lowest BCUT2D eigenvalue weighted by Crippen LogP contribution is -2.04. The molecule has 4 N–H and O–H groups in total. The molecule has 0 aliphatic carbocycles. The van der Waals surface area contributed by atoms with Gasteiger partial charge in [-0.2, -0.15) is 0 Å². The SMILES string of the molecule is CC(C)=CCOc1cc(O)c2c(=O)cc(-c3ccccc3)oc2c1-c1cc(-c2cc(=O)c3c(O)cc(O)cc3o2)ccc1O. The average molecular weight is 591 g/mol. The van der Waals surface area contributed by atoms with Crippen LogP contribution in [0.3, 0.4) is 0 Å². The topological polar surface area (TPSA) is 151 Å². The lowest BCUT2D eigenvalue weighted by molar-refractivity contribution is 0.360. The molecule has 2 heterocycles. The molecule has 0 bridgehead atoms. The van der Waals surface area contributed by atoms with Crippen LogP contribution in [-0.4, -0.2) is 27.0 Å². The Morgan fingerprint density at radius 1 is 0.727 bits per heavy atom. The van der Waals surface area contributed by atoms with Gasteiger partial charge in [-0.1, -0.05) is 35.9 Å². The zero-order chi connectivity index (χ0) is 31.1. The van der Waals surface area contributed by atoms with Crippen molar-refractivity contribution in [3.8, 4) is 62.5 Å². The Kier molecular flexibility index (Phi) is 7.06. The molecule has 9 nitrogen and oxygen atoms in total. The first-order valence-corrected chi connectivity index (χ1v) is 13.6. The predicted octanol–water partition coefficient (Wildman–Crippen LogP) is 7.07. The van der Waals surface area contributed by atoms with Gasteiger partial charge in [0.2, 0.25) is 0 Å². The molecule has 0 atom stereocenters. The minimum absolute atomic E-state index is 0.0224. The average Bonchev–Trinajstić information content (AvgIpc) is 2.97. The lowest BCUT2D eigenvalue weighted by Gasteiger charge is -2.17. The number of phenols is 4. The zero-order valence-corrected chi connectivity index (χ0v) is 23.6. The van der Waals surface area contributed by atoms with E-state index in [0.717, 1.165) is 11.6 Å². The van der Waals surface area contributed by atoms with E-state index in [4.69, 9.17) is 13.6 Å². The third-order valence-electron chi connectivity index (χ3n) is 7.08. The second-order valence-electron chi connectivity index (χ2n) is 10.5. The summed E-state index contributed by atoms with van der Waals surface area (Å²) in [5.74, 6) is -0.845. The summed E-state index contributed by atoms with van der Waals surface area (Å²) in [6, 6.07) is 19.4. The van der Waals surface area contributed by atoms with E-state index in [1.165, 1.54) is 42.5 Å². The van der Waals surface area contributed by atoms with Crippen LogP contribution in [0.2, 0.25) is 0 Å². The first-order chi connectivity index (χ1) is 21.1. The predicted molar refractivity (Wildman–Crippen MR) is 166 cm³/mol. The van der Waals surface area contributed by atoms with Crippen molar-refractivity contribution in [2.24, 2.45) is 0 Å². The molecule has 9 heteroatoms. The molecular formula is C35H26O9. The molecule has 6 rings (SSSR count). The monoisotopic (exact) mass is 590 g/mol. The highest BCUT2D eigenvalue weighted by atomic mass is 16.5. The van der Waals surface area contributed by atoms with Crippen LogP contribution in [0, 0.1) is 0 Å². The van der Waals surface area contributed by atoms with Crippen molar-refractivity contribution < 1.29 is 34.0 Å². The van der Waals surface area contributed by atoms with Crippen molar-refractivity contribution in [2.45, 2.75) is 13.8 Å². The fraction of sp³-hybridized carbons (Fsp3) is 0.0857. The second-order valence-corrected chi connectivity index (χ2v) is 10.5. The lowest BCUT2D eigenvalue weighted by atomic mass is 9.96. The maximum Gasteiger partial charge on any atom is 0.197 e. The summed E-state index contributed by atoms with van der Waals surface area (Å²) < 4.78 is 18.2. The summed E-state index contributed by atoms with van der Waals surface area (Å²) in [4.78, 5) is 26.3. The first-order valence-electron chi connectivity index (χ1n) is 13.6. The Bertz CT molecular complexity index is 2220. The van der Waals surface area contributed by atoms with E-state index in [1.54, 1.807) is 24.3 Å². The second kappa shape index (κ2) is 11.0. The third-order valence-corrected chi connectivity index (χ3v) is 7.08.